The lowest BCUT2D eigenvalue weighted by Gasteiger charge is -2.22. The van der Waals surface area contributed by atoms with Gasteiger partial charge in [0, 0.05) is 6.54 Å². The van der Waals surface area contributed by atoms with Gasteiger partial charge in [0.15, 0.2) is 0 Å². The molecule has 0 aromatic heterocycles. The molecular formula is C14H22ClFN2O. The summed E-state index contributed by atoms with van der Waals surface area (Å²) in [5, 5.41) is 2.81. The summed E-state index contributed by atoms with van der Waals surface area (Å²) in [6, 6.07) is 6.27. The molecule has 108 valence electrons. The number of carbonyl (C=O) groups excluding carboxylic acids is 1. The van der Waals surface area contributed by atoms with E-state index in [0.29, 0.717) is 19.4 Å². The summed E-state index contributed by atoms with van der Waals surface area (Å²) in [7, 11) is 0. The van der Waals surface area contributed by atoms with Crippen molar-refractivity contribution in [2.45, 2.75) is 38.6 Å². The fourth-order valence-corrected chi connectivity index (χ4v) is 1.81. The summed E-state index contributed by atoms with van der Waals surface area (Å²) < 4.78 is 12.7. The summed E-state index contributed by atoms with van der Waals surface area (Å²) in [6.07, 6.45) is 2.21. The van der Waals surface area contributed by atoms with Crippen LogP contribution in [0, 0.1) is 5.82 Å². The average molecular weight is 289 g/mol. The number of halogens is 2. The first-order valence-corrected chi connectivity index (χ1v) is 6.27. The van der Waals surface area contributed by atoms with Gasteiger partial charge in [-0.3, -0.25) is 4.79 Å². The minimum absolute atomic E-state index is 0. The van der Waals surface area contributed by atoms with Crippen LogP contribution in [0.1, 0.15) is 32.3 Å². The van der Waals surface area contributed by atoms with Crippen molar-refractivity contribution in [2.75, 3.05) is 6.54 Å². The van der Waals surface area contributed by atoms with Crippen LogP contribution >= 0.6 is 12.4 Å². The molecule has 0 fully saturated rings. The molecule has 1 rings (SSSR count). The molecule has 1 atom stereocenters. The first-order valence-electron chi connectivity index (χ1n) is 6.27. The van der Waals surface area contributed by atoms with Gasteiger partial charge in [-0.25, -0.2) is 4.39 Å². The third-order valence-corrected chi connectivity index (χ3v) is 2.90. The van der Waals surface area contributed by atoms with E-state index < -0.39 is 5.54 Å². The Morgan fingerprint density at radius 3 is 2.47 bits per heavy atom. The lowest BCUT2D eigenvalue weighted by molar-refractivity contribution is -0.126. The zero-order valence-corrected chi connectivity index (χ0v) is 12.2. The van der Waals surface area contributed by atoms with Crippen LogP contribution in [0.2, 0.25) is 0 Å². The van der Waals surface area contributed by atoms with Crippen LogP contribution in [0.15, 0.2) is 24.3 Å². The van der Waals surface area contributed by atoms with E-state index in [4.69, 9.17) is 5.73 Å². The van der Waals surface area contributed by atoms with Gasteiger partial charge in [0.2, 0.25) is 5.91 Å². The molecule has 0 saturated carbocycles. The summed E-state index contributed by atoms with van der Waals surface area (Å²) in [5.41, 5.74) is 6.09. The Morgan fingerprint density at radius 1 is 1.37 bits per heavy atom. The summed E-state index contributed by atoms with van der Waals surface area (Å²) in [4.78, 5) is 11.8. The van der Waals surface area contributed by atoms with E-state index in [-0.39, 0.29) is 24.1 Å². The van der Waals surface area contributed by atoms with E-state index in [2.05, 4.69) is 5.32 Å². The predicted molar refractivity (Wildman–Crippen MR) is 77.9 cm³/mol. The van der Waals surface area contributed by atoms with Crippen LogP contribution in [-0.4, -0.2) is 18.0 Å². The van der Waals surface area contributed by atoms with Gasteiger partial charge in [0.25, 0.3) is 0 Å². The zero-order valence-electron chi connectivity index (χ0n) is 11.4. The lowest BCUT2D eigenvalue weighted by Crippen LogP contribution is -2.51. The predicted octanol–water partition coefficient (Wildman–Crippen LogP) is 2.42. The molecule has 1 aromatic carbocycles. The van der Waals surface area contributed by atoms with Crippen molar-refractivity contribution in [3.8, 4) is 0 Å². The van der Waals surface area contributed by atoms with E-state index in [1.54, 1.807) is 19.1 Å². The highest BCUT2D eigenvalue weighted by atomic mass is 35.5. The van der Waals surface area contributed by atoms with Gasteiger partial charge in [0.05, 0.1) is 5.54 Å². The van der Waals surface area contributed by atoms with Crippen LogP contribution in [-0.2, 0) is 11.2 Å². The lowest BCUT2D eigenvalue weighted by atomic mass is 9.96. The molecule has 0 aliphatic carbocycles. The molecule has 0 radical (unpaired) electrons. The molecule has 1 unspecified atom stereocenters. The number of nitrogens with two attached hydrogens (primary N) is 1. The van der Waals surface area contributed by atoms with Crippen molar-refractivity contribution in [2.24, 2.45) is 5.73 Å². The molecule has 0 bridgehead atoms. The molecular weight excluding hydrogens is 267 g/mol. The highest BCUT2D eigenvalue weighted by Gasteiger charge is 2.26. The van der Waals surface area contributed by atoms with Gasteiger partial charge in [0.1, 0.15) is 5.82 Å². The molecule has 19 heavy (non-hydrogen) atoms. The van der Waals surface area contributed by atoms with E-state index in [1.165, 1.54) is 12.1 Å². The number of hydrogen-bond acceptors (Lipinski definition) is 2. The maximum absolute atomic E-state index is 12.7. The Kier molecular flexibility index (Phi) is 7.64. The standard InChI is InChI=1S/C14H21FN2O.ClH/c1-3-9-14(2,16)13(18)17-10-8-11-4-6-12(15)7-5-11;/h4-7H,3,8-10,16H2,1-2H3,(H,17,18);1H. The third-order valence-electron chi connectivity index (χ3n) is 2.90. The number of rotatable bonds is 6. The topological polar surface area (TPSA) is 55.1 Å². The zero-order chi connectivity index (χ0) is 13.6. The second kappa shape index (κ2) is 8.12. The number of carbonyl (C=O) groups is 1. The van der Waals surface area contributed by atoms with Crippen molar-refractivity contribution >= 4 is 18.3 Å². The van der Waals surface area contributed by atoms with E-state index in [0.717, 1.165) is 12.0 Å². The van der Waals surface area contributed by atoms with Gasteiger partial charge >= 0.3 is 0 Å². The molecule has 0 spiro atoms. The number of hydrogen-bond donors (Lipinski definition) is 2. The average Bonchev–Trinajstić information content (AvgIpc) is 2.31. The smallest absolute Gasteiger partial charge is 0.239 e. The Morgan fingerprint density at radius 2 is 1.95 bits per heavy atom. The van der Waals surface area contributed by atoms with Crippen LogP contribution in [0.25, 0.3) is 0 Å². The second-order valence-electron chi connectivity index (χ2n) is 4.80. The van der Waals surface area contributed by atoms with Crippen molar-refractivity contribution in [3.63, 3.8) is 0 Å². The van der Waals surface area contributed by atoms with E-state index >= 15 is 0 Å². The molecule has 0 aliphatic rings. The quantitative estimate of drug-likeness (QED) is 0.845. The maximum atomic E-state index is 12.7. The van der Waals surface area contributed by atoms with Gasteiger partial charge in [-0.15, -0.1) is 12.4 Å². The Bertz CT molecular complexity index is 393. The summed E-state index contributed by atoms with van der Waals surface area (Å²) in [6.45, 7) is 4.25. The fraction of sp³-hybridized carbons (Fsp3) is 0.500. The minimum atomic E-state index is -0.808. The molecule has 3 nitrogen and oxygen atoms in total. The number of nitrogens with one attached hydrogen (secondary N) is 1. The van der Waals surface area contributed by atoms with Crippen LogP contribution in [0.5, 0.6) is 0 Å². The minimum Gasteiger partial charge on any atom is -0.354 e. The van der Waals surface area contributed by atoms with E-state index in [9.17, 15) is 9.18 Å². The molecule has 5 heteroatoms. The number of amides is 1. The van der Waals surface area contributed by atoms with Crippen LogP contribution in [0.3, 0.4) is 0 Å². The SMILES string of the molecule is CCCC(C)(N)C(=O)NCCc1ccc(F)cc1.Cl. The Hall–Kier alpha value is -1.13. The van der Waals surface area contributed by atoms with Crippen molar-refractivity contribution < 1.29 is 9.18 Å². The molecule has 0 aliphatic heterocycles. The second-order valence-corrected chi connectivity index (χ2v) is 4.80. The Balaban J connectivity index is 0.00000324. The van der Waals surface area contributed by atoms with Gasteiger partial charge < -0.3 is 11.1 Å². The van der Waals surface area contributed by atoms with Gasteiger partial charge in [-0.05, 0) is 37.5 Å². The number of benzene rings is 1. The van der Waals surface area contributed by atoms with Crippen LogP contribution < -0.4 is 11.1 Å². The molecule has 3 N–H and O–H groups in total. The molecule has 0 saturated heterocycles. The first kappa shape index (κ1) is 17.9. The Labute approximate surface area is 120 Å². The highest BCUT2D eigenvalue weighted by molar-refractivity contribution is 5.85. The molecule has 1 aromatic rings. The van der Waals surface area contributed by atoms with Crippen molar-refractivity contribution in [3.05, 3.63) is 35.6 Å². The normalized spacial score (nSPS) is 13.3. The highest BCUT2D eigenvalue weighted by Crippen LogP contribution is 2.08. The van der Waals surface area contributed by atoms with Gasteiger partial charge in [-0.2, -0.15) is 0 Å². The summed E-state index contributed by atoms with van der Waals surface area (Å²) >= 11 is 0. The molecule has 0 heterocycles. The van der Waals surface area contributed by atoms with Gasteiger partial charge in [-0.1, -0.05) is 25.5 Å². The fourth-order valence-electron chi connectivity index (χ4n) is 1.81. The van der Waals surface area contributed by atoms with Crippen molar-refractivity contribution in [1.29, 1.82) is 0 Å². The molecule has 1 amide bonds. The maximum Gasteiger partial charge on any atom is 0.239 e. The first-order chi connectivity index (χ1) is 8.45. The van der Waals surface area contributed by atoms with Crippen LogP contribution in [0.4, 0.5) is 4.39 Å². The summed E-state index contributed by atoms with van der Waals surface area (Å²) in [5.74, 6) is -0.383. The van der Waals surface area contributed by atoms with Crippen molar-refractivity contribution in [1.82, 2.24) is 5.32 Å². The van der Waals surface area contributed by atoms with E-state index in [1.807, 2.05) is 6.92 Å². The monoisotopic (exact) mass is 288 g/mol. The third kappa shape index (κ3) is 6.03. The largest absolute Gasteiger partial charge is 0.354 e.